The van der Waals surface area contributed by atoms with E-state index in [1.807, 2.05) is 30.3 Å². The molecule has 0 radical (unpaired) electrons. The number of halogens is 3. The van der Waals surface area contributed by atoms with Gasteiger partial charge in [-0.1, -0.05) is 62.9 Å². The van der Waals surface area contributed by atoms with Crippen LogP contribution < -0.4 is 5.30 Å². The molecule has 0 aliphatic rings. The van der Waals surface area contributed by atoms with Crippen molar-refractivity contribution in [3.63, 3.8) is 0 Å². The summed E-state index contributed by atoms with van der Waals surface area (Å²) in [5.74, 6) is 0. The Bertz CT molecular complexity index is 1030. The molecule has 146 valence electrons. The zero-order chi connectivity index (χ0) is 20.9. The molecule has 1 unspecified atom stereocenters. The normalized spacial score (nSPS) is 9.24. The number of benzene rings is 3. The Morgan fingerprint density at radius 3 is 1.83 bits per heavy atom. The summed E-state index contributed by atoms with van der Waals surface area (Å²) < 4.78 is 1.16. The van der Waals surface area contributed by atoms with Gasteiger partial charge < -0.3 is 0 Å². The number of fused-ring (bicyclic) bond motifs is 2. The van der Waals surface area contributed by atoms with Crippen molar-refractivity contribution >= 4 is 69.0 Å². The fourth-order valence-electron chi connectivity index (χ4n) is 2.64. The van der Waals surface area contributed by atoms with Crippen LogP contribution in [0.3, 0.4) is 0 Å². The van der Waals surface area contributed by atoms with Gasteiger partial charge in [0.15, 0.2) is 0 Å². The van der Waals surface area contributed by atoms with Gasteiger partial charge in [-0.05, 0) is 5.30 Å². The molecule has 0 aliphatic heterocycles. The SMILES string of the molecule is Brc1cc2ccccc2[cH-]1.Pc1ccccc1.[Cl][Zr+2][Cl].c1ccc2[cH-]ccc2c1. The minimum atomic E-state index is -0.826. The molecule has 0 saturated heterocycles. The molecule has 1 atom stereocenters. The summed E-state index contributed by atoms with van der Waals surface area (Å²) in [6.07, 6.45) is 0. The summed E-state index contributed by atoms with van der Waals surface area (Å²) in [4.78, 5) is 0. The number of rotatable bonds is 0. The van der Waals surface area contributed by atoms with Gasteiger partial charge in [0.05, 0.1) is 0 Å². The molecule has 0 aliphatic carbocycles. The average molecular weight is 581 g/mol. The predicted octanol–water partition coefficient (Wildman–Crippen LogP) is 8.44. The molecular weight excluding hydrogens is 561 g/mol. The molecule has 0 bridgehead atoms. The van der Waals surface area contributed by atoms with Crippen molar-refractivity contribution in [2.75, 3.05) is 0 Å². The van der Waals surface area contributed by atoms with E-state index in [0.29, 0.717) is 0 Å². The van der Waals surface area contributed by atoms with Gasteiger partial charge in [-0.25, -0.2) is 0 Å². The minimum Gasteiger partial charge on any atom is -0.168 e. The average Bonchev–Trinajstić information content (AvgIpc) is 3.35. The van der Waals surface area contributed by atoms with E-state index < -0.39 is 20.8 Å². The van der Waals surface area contributed by atoms with E-state index in [1.165, 1.54) is 26.8 Å². The van der Waals surface area contributed by atoms with E-state index in [2.05, 4.69) is 104 Å². The Morgan fingerprint density at radius 1 is 0.724 bits per heavy atom. The maximum Gasteiger partial charge on any atom is -0.0809 e. The van der Waals surface area contributed by atoms with Gasteiger partial charge in [-0.3, -0.25) is 0 Å². The number of hydrogen-bond donors (Lipinski definition) is 0. The maximum atomic E-state index is 4.93. The summed E-state index contributed by atoms with van der Waals surface area (Å²) in [7, 11) is 12.5. The zero-order valence-electron chi connectivity index (χ0n) is 15.6. The summed E-state index contributed by atoms with van der Waals surface area (Å²) >= 11 is 2.60. The molecule has 5 aromatic carbocycles. The van der Waals surface area contributed by atoms with E-state index in [0.717, 1.165) is 4.47 Å². The first-order valence-corrected chi connectivity index (χ1v) is 16.5. The van der Waals surface area contributed by atoms with Crippen LogP contribution in [0.25, 0.3) is 21.5 Å². The second-order valence-electron chi connectivity index (χ2n) is 5.94. The van der Waals surface area contributed by atoms with Crippen LogP contribution >= 0.6 is 42.2 Å². The summed E-state index contributed by atoms with van der Waals surface area (Å²) in [6.45, 7) is 0. The molecule has 0 nitrogen and oxygen atoms in total. The summed E-state index contributed by atoms with van der Waals surface area (Å²) in [6, 6.07) is 37.4. The topological polar surface area (TPSA) is 0 Å². The van der Waals surface area contributed by atoms with Crippen molar-refractivity contribution in [3.8, 4) is 0 Å². The molecule has 0 amide bonds. The largest absolute Gasteiger partial charge is 0.168 e. The first kappa shape index (κ1) is 24.5. The van der Waals surface area contributed by atoms with E-state index in [1.54, 1.807) is 0 Å². The van der Waals surface area contributed by atoms with E-state index >= 15 is 0 Å². The van der Waals surface area contributed by atoms with Crippen LogP contribution in [0.2, 0.25) is 0 Å². The minimum absolute atomic E-state index is 0.826. The van der Waals surface area contributed by atoms with Gasteiger partial charge in [-0.15, -0.1) is 73.9 Å². The Hall–Kier alpha value is -0.747. The Labute approximate surface area is 202 Å². The van der Waals surface area contributed by atoms with Gasteiger partial charge >= 0.3 is 37.9 Å². The van der Waals surface area contributed by atoms with Gasteiger partial charge in [0.1, 0.15) is 0 Å². The van der Waals surface area contributed by atoms with E-state index in [9.17, 15) is 0 Å². The van der Waals surface area contributed by atoms with Crippen molar-refractivity contribution in [3.05, 3.63) is 114 Å². The quantitative estimate of drug-likeness (QED) is 0.127. The second-order valence-corrected chi connectivity index (χ2v) is 11.3. The molecule has 0 N–H and O–H groups in total. The third-order valence-electron chi connectivity index (χ3n) is 3.93. The molecule has 0 spiro atoms. The molecular formula is C24H20BrCl2PZr. The third kappa shape index (κ3) is 9.29. The smallest absolute Gasteiger partial charge is 0.0809 e. The van der Waals surface area contributed by atoms with Crippen molar-refractivity contribution in [2.24, 2.45) is 0 Å². The van der Waals surface area contributed by atoms with Gasteiger partial charge in [0, 0.05) is 0 Å². The summed E-state index contributed by atoms with van der Waals surface area (Å²) in [5, 5.41) is 6.50. The molecule has 0 heterocycles. The molecule has 5 aromatic rings. The maximum absolute atomic E-state index is 4.93. The van der Waals surface area contributed by atoms with Crippen LogP contribution in [-0.4, -0.2) is 0 Å². The fourth-order valence-corrected chi connectivity index (χ4v) is 3.35. The van der Waals surface area contributed by atoms with Crippen LogP contribution in [0.5, 0.6) is 0 Å². The Morgan fingerprint density at radius 2 is 1.28 bits per heavy atom. The Balaban J connectivity index is 0.000000147. The summed E-state index contributed by atoms with van der Waals surface area (Å²) in [5.41, 5.74) is 0. The van der Waals surface area contributed by atoms with Crippen molar-refractivity contribution < 1.29 is 20.8 Å². The van der Waals surface area contributed by atoms with Crippen LogP contribution in [0, 0.1) is 0 Å². The van der Waals surface area contributed by atoms with Crippen LogP contribution in [-0.2, 0) is 20.8 Å². The van der Waals surface area contributed by atoms with E-state index in [-0.39, 0.29) is 0 Å². The second kappa shape index (κ2) is 14.3. The molecule has 29 heavy (non-hydrogen) atoms. The van der Waals surface area contributed by atoms with Crippen molar-refractivity contribution in [2.45, 2.75) is 0 Å². The van der Waals surface area contributed by atoms with Gasteiger partial charge in [0.2, 0.25) is 0 Å². The van der Waals surface area contributed by atoms with Crippen molar-refractivity contribution in [1.82, 2.24) is 0 Å². The predicted molar refractivity (Wildman–Crippen MR) is 134 cm³/mol. The van der Waals surface area contributed by atoms with Crippen molar-refractivity contribution in [1.29, 1.82) is 0 Å². The standard InChI is InChI=1S/C9H6Br.C9H7.C6H7P.2ClH.Zr/c10-9-5-7-3-1-2-4-8(7)6-9;1-2-5-9-7-3-6-8(9)4-1;7-6-4-2-1-3-5-6;;;/h1-6H;1-7H;1-5H,7H2;2*1H;/q2*-1;;;;+4/p-2. The third-order valence-corrected chi connectivity index (χ3v) is 4.77. The molecule has 0 saturated carbocycles. The van der Waals surface area contributed by atoms with Gasteiger partial charge in [-0.2, -0.15) is 23.6 Å². The van der Waals surface area contributed by atoms with E-state index in [4.69, 9.17) is 17.0 Å². The van der Waals surface area contributed by atoms with Gasteiger partial charge in [0.25, 0.3) is 0 Å². The molecule has 0 fully saturated rings. The first-order chi connectivity index (χ1) is 14.1. The molecule has 5 heteroatoms. The molecule has 5 rings (SSSR count). The Kier molecular flexibility index (Phi) is 12.1. The zero-order valence-corrected chi connectivity index (χ0v) is 22.3. The number of hydrogen-bond acceptors (Lipinski definition) is 0. The fraction of sp³-hybridized carbons (Fsp3) is 0. The monoisotopic (exact) mass is 578 g/mol. The van der Waals surface area contributed by atoms with Crippen LogP contribution in [0.1, 0.15) is 0 Å². The molecule has 0 aromatic heterocycles. The van der Waals surface area contributed by atoms with Crippen LogP contribution in [0.15, 0.2) is 114 Å². The first-order valence-electron chi connectivity index (χ1n) is 8.82. The van der Waals surface area contributed by atoms with Crippen LogP contribution in [0.4, 0.5) is 0 Å².